The quantitative estimate of drug-likeness (QED) is 0.405. The van der Waals surface area contributed by atoms with Crippen LogP contribution in [0.25, 0.3) is 0 Å². The lowest BCUT2D eigenvalue weighted by Crippen LogP contribution is -2.34. The Morgan fingerprint density at radius 3 is 2.18 bits per heavy atom. The highest BCUT2D eigenvalue weighted by atomic mass is 19.1. The summed E-state index contributed by atoms with van der Waals surface area (Å²) in [6, 6.07) is 17.0. The molecular weight excluding hydrogens is 492 g/mol. The molecule has 8 heteroatoms. The van der Waals surface area contributed by atoms with E-state index in [0.29, 0.717) is 31.1 Å². The zero-order valence-electron chi connectivity index (χ0n) is 20.8. The lowest BCUT2D eigenvalue weighted by Gasteiger charge is -2.26. The molecule has 0 spiro atoms. The summed E-state index contributed by atoms with van der Waals surface area (Å²) in [4.78, 5) is 27.1. The van der Waals surface area contributed by atoms with Gasteiger partial charge in [-0.15, -0.1) is 0 Å². The first kappa shape index (κ1) is 26.0. The molecule has 38 heavy (non-hydrogen) atoms. The smallest absolute Gasteiger partial charge is 0.200 e. The number of likely N-dealkylation sites (tertiary alicyclic amines) is 1. The van der Waals surface area contributed by atoms with Crippen LogP contribution in [0.3, 0.4) is 0 Å². The molecule has 3 atom stereocenters. The van der Waals surface area contributed by atoms with Crippen LogP contribution in [0, 0.1) is 23.5 Å². The number of Topliss-reactive ketones (excluding diaryl/α,β-unsaturated/α-hetero) is 2. The van der Waals surface area contributed by atoms with Crippen LogP contribution in [0.4, 0.5) is 8.78 Å². The Balaban J connectivity index is 1.12. The van der Waals surface area contributed by atoms with E-state index >= 15 is 0 Å². The second kappa shape index (κ2) is 10.6. The van der Waals surface area contributed by atoms with E-state index in [1.54, 1.807) is 0 Å². The molecule has 2 aliphatic rings. The van der Waals surface area contributed by atoms with Crippen LogP contribution in [0.15, 0.2) is 66.7 Å². The number of carbonyl (C=O) groups is 2. The van der Waals surface area contributed by atoms with E-state index in [9.17, 15) is 28.6 Å². The third-order valence-corrected chi connectivity index (χ3v) is 7.56. The zero-order valence-corrected chi connectivity index (χ0v) is 20.8. The number of carbonyl (C=O) groups excluding carboxylic acids is 2. The number of rotatable bonds is 9. The lowest BCUT2D eigenvalue weighted by atomic mass is 9.91. The summed E-state index contributed by atoms with van der Waals surface area (Å²) >= 11 is 0. The van der Waals surface area contributed by atoms with Gasteiger partial charge >= 0.3 is 0 Å². The summed E-state index contributed by atoms with van der Waals surface area (Å²) < 4.78 is 33.3. The number of aromatic hydroxyl groups is 1. The van der Waals surface area contributed by atoms with Gasteiger partial charge in [-0.3, -0.25) is 14.5 Å². The van der Waals surface area contributed by atoms with Gasteiger partial charge in [0.25, 0.3) is 0 Å². The van der Waals surface area contributed by atoms with E-state index < -0.39 is 35.4 Å². The normalized spacial score (nSPS) is 22.8. The molecule has 0 bridgehead atoms. The molecule has 1 heterocycles. The van der Waals surface area contributed by atoms with Gasteiger partial charge in [0.2, 0.25) is 0 Å². The molecule has 1 aliphatic heterocycles. The van der Waals surface area contributed by atoms with E-state index in [2.05, 4.69) is 4.90 Å². The molecule has 0 aromatic heterocycles. The first-order chi connectivity index (χ1) is 18.2. The SMILES string of the molecule is O=C(COc1ccc(C(=O)CN2CC3C[C@](O)(Cc4ccccc4)C[C@H]3C2)cc1F)c1ccc(O)c(F)c1. The summed E-state index contributed by atoms with van der Waals surface area (Å²) in [7, 11) is 0. The van der Waals surface area contributed by atoms with Gasteiger partial charge in [-0.1, -0.05) is 30.3 Å². The summed E-state index contributed by atoms with van der Waals surface area (Å²) in [6.07, 6.45) is 2.03. The van der Waals surface area contributed by atoms with Gasteiger partial charge < -0.3 is 14.9 Å². The van der Waals surface area contributed by atoms with Crippen molar-refractivity contribution in [2.75, 3.05) is 26.2 Å². The molecule has 6 nitrogen and oxygen atoms in total. The minimum Gasteiger partial charge on any atom is -0.505 e. The predicted molar refractivity (Wildman–Crippen MR) is 136 cm³/mol. The van der Waals surface area contributed by atoms with E-state index in [-0.39, 0.29) is 29.2 Å². The van der Waals surface area contributed by atoms with Gasteiger partial charge in [-0.25, -0.2) is 8.78 Å². The summed E-state index contributed by atoms with van der Waals surface area (Å²) in [6.45, 7) is 1.07. The monoisotopic (exact) mass is 521 g/mol. The van der Waals surface area contributed by atoms with Crippen molar-refractivity contribution in [2.45, 2.75) is 24.9 Å². The number of phenols is 1. The molecule has 198 valence electrons. The van der Waals surface area contributed by atoms with Crippen molar-refractivity contribution in [2.24, 2.45) is 11.8 Å². The van der Waals surface area contributed by atoms with Crippen molar-refractivity contribution in [1.82, 2.24) is 4.90 Å². The van der Waals surface area contributed by atoms with Gasteiger partial charge in [0.1, 0.15) is 0 Å². The van der Waals surface area contributed by atoms with E-state index in [0.717, 1.165) is 36.9 Å². The lowest BCUT2D eigenvalue weighted by molar-refractivity contribution is 0.0355. The Morgan fingerprint density at radius 1 is 0.895 bits per heavy atom. The molecule has 1 saturated carbocycles. The molecular formula is C30H29F2NO5. The highest BCUT2D eigenvalue weighted by Gasteiger charge is 2.48. The molecule has 0 amide bonds. The Labute approximate surface area is 219 Å². The fourth-order valence-electron chi connectivity index (χ4n) is 5.80. The van der Waals surface area contributed by atoms with Crippen molar-refractivity contribution in [3.05, 3.63) is 95.1 Å². The van der Waals surface area contributed by atoms with Crippen molar-refractivity contribution in [3.63, 3.8) is 0 Å². The second-order valence-electron chi connectivity index (χ2n) is 10.5. The summed E-state index contributed by atoms with van der Waals surface area (Å²) in [5, 5.41) is 20.4. The Hall–Kier alpha value is -3.62. The van der Waals surface area contributed by atoms with Gasteiger partial charge in [0, 0.05) is 30.6 Å². The van der Waals surface area contributed by atoms with Gasteiger partial charge in [-0.2, -0.15) is 0 Å². The maximum atomic E-state index is 14.6. The van der Waals surface area contributed by atoms with Crippen LogP contribution >= 0.6 is 0 Å². The highest BCUT2D eigenvalue weighted by Crippen LogP contribution is 2.45. The third kappa shape index (κ3) is 5.76. The Bertz CT molecular complexity index is 1330. The largest absolute Gasteiger partial charge is 0.505 e. The number of ketones is 2. The molecule has 3 aromatic rings. The first-order valence-corrected chi connectivity index (χ1v) is 12.6. The summed E-state index contributed by atoms with van der Waals surface area (Å²) in [5.74, 6) is -2.63. The van der Waals surface area contributed by atoms with E-state index in [4.69, 9.17) is 4.74 Å². The number of hydrogen-bond acceptors (Lipinski definition) is 6. The van der Waals surface area contributed by atoms with Crippen LogP contribution in [-0.2, 0) is 6.42 Å². The second-order valence-corrected chi connectivity index (χ2v) is 10.5. The van der Waals surface area contributed by atoms with Crippen LogP contribution < -0.4 is 4.74 Å². The van der Waals surface area contributed by atoms with Crippen molar-refractivity contribution in [1.29, 1.82) is 0 Å². The van der Waals surface area contributed by atoms with Crippen molar-refractivity contribution in [3.8, 4) is 11.5 Å². The van der Waals surface area contributed by atoms with Crippen LogP contribution in [0.5, 0.6) is 11.5 Å². The maximum absolute atomic E-state index is 14.6. The number of halogens is 2. The average Bonchev–Trinajstić information content (AvgIpc) is 3.38. The molecule has 2 N–H and O–H groups in total. The number of ether oxygens (including phenoxy) is 1. The van der Waals surface area contributed by atoms with Crippen LogP contribution in [-0.4, -0.2) is 58.5 Å². The maximum Gasteiger partial charge on any atom is 0.200 e. The number of aliphatic hydroxyl groups is 1. The van der Waals surface area contributed by atoms with Crippen molar-refractivity contribution >= 4 is 11.6 Å². The number of hydrogen-bond donors (Lipinski definition) is 2. The fourth-order valence-corrected chi connectivity index (χ4v) is 5.80. The molecule has 5 rings (SSSR count). The van der Waals surface area contributed by atoms with Gasteiger partial charge in [0.15, 0.2) is 41.3 Å². The zero-order chi connectivity index (χ0) is 26.9. The molecule has 2 fully saturated rings. The minimum atomic E-state index is -0.936. The van der Waals surface area contributed by atoms with Crippen LogP contribution in [0.1, 0.15) is 39.1 Å². The van der Waals surface area contributed by atoms with Crippen molar-refractivity contribution < 1.29 is 33.3 Å². The fraction of sp³-hybridized carbons (Fsp3) is 0.333. The number of benzene rings is 3. The number of fused-ring (bicyclic) bond motifs is 1. The van der Waals surface area contributed by atoms with E-state index in [1.807, 2.05) is 30.3 Å². The standard InChI is InChI=1S/C30H29F2NO5/c31-24-10-21(6-8-26(24)34)28(36)18-38-29-9-7-20(11-25(29)32)27(35)17-33-15-22-13-30(37,14-23(22)16-33)12-19-4-2-1-3-5-19/h1-11,22-23,34,37H,12-18H2/t22-,23?,30-/m0/s1. The minimum absolute atomic E-state index is 0.0126. The van der Waals surface area contributed by atoms with Crippen LogP contribution in [0.2, 0.25) is 0 Å². The number of nitrogens with zero attached hydrogens (tertiary/aromatic N) is 1. The molecule has 1 saturated heterocycles. The highest BCUT2D eigenvalue weighted by molar-refractivity contribution is 5.98. The topological polar surface area (TPSA) is 87.1 Å². The third-order valence-electron chi connectivity index (χ3n) is 7.56. The average molecular weight is 522 g/mol. The molecule has 3 aromatic carbocycles. The van der Waals surface area contributed by atoms with Gasteiger partial charge in [0.05, 0.1) is 12.1 Å². The summed E-state index contributed by atoms with van der Waals surface area (Å²) in [5.41, 5.74) is 0.597. The van der Waals surface area contributed by atoms with Gasteiger partial charge in [-0.05, 0) is 66.6 Å². The predicted octanol–water partition coefficient (Wildman–Crippen LogP) is 4.43. The number of phenolic OH excluding ortho intramolecular Hbond substituents is 1. The molecule has 0 radical (unpaired) electrons. The Kier molecular flexibility index (Phi) is 7.27. The first-order valence-electron chi connectivity index (χ1n) is 12.6. The van der Waals surface area contributed by atoms with E-state index in [1.165, 1.54) is 18.2 Å². The Morgan fingerprint density at radius 2 is 1.53 bits per heavy atom. The molecule has 1 aliphatic carbocycles. The molecule has 1 unspecified atom stereocenters.